The molecule has 0 aliphatic carbocycles. The third-order valence-electron chi connectivity index (χ3n) is 3.47. The van der Waals surface area contributed by atoms with Crippen LogP contribution in [0.25, 0.3) is 0 Å². The summed E-state index contributed by atoms with van der Waals surface area (Å²) in [6.07, 6.45) is 0.363. The number of hydrogen-bond acceptors (Lipinski definition) is 3. The molecular formula is C18H25NO3Si. The molecule has 1 aromatic carbocycles. The smallest absolute Gasteiger partial charge is 0.410 e. The Morgan fingerprint density at radius 3 is 2.78 bits per heavy atom. The van der Waals surface area contributed by atoms with Crippen molar-refractivity contribution in [2.75, 3.05) is 19.8 Å². The number of morpholine rings is 1. The summed E-state index contributed by atoms with van der Waals surface area (Å²) >= 11 is 0. The molecule has 4 nitrogen and oxygen atoms in total. The Balaban J connectivity index is 1.91. The van der Waals surface area contributed by atoms with Crippen molar-refractivity contribution in [2.24, 2.45) is 0 Å². The van der Waals surface area contributed by atoms with Crippen molar-refractivity contribution in [2.45, 2.75) is 38.7 Å². The van der Waals surface area contributed by atoms with Crippen LogP contribution in [-0.4, -0.2) is 44.9 Å². The Hall–Kier alpha value is -1.77. The molecule has 0 N–H and O–H groups in total. The van der Waals surface area contributed by atoms with Gasteiger partial charge < -0.3 is 9.47 Å². The largest absolute Gasteiger partial charge is 0.445 e. The molecule has 1 aliphatic heterocycles. The van der Waals surface area contributed by atoms with E-state index in [9.17, 15) is 4.79 Å². The second kappa shape index (κ2) is 8.18. The van der Waals surface area contributed by atoms with Gasteiger partial charge in [-0.05, 0) is 5.56 Å². The van der Waals surface area contributed by atoms with E-state index in [0.29, 0.717) is 32.8 Å². The topological polar surface area (TPSA) is 38.8 Å². The molecule has 0 spiro atoms. The maximum Gasteiger partial charge on any atom is 0.410 e. The molecule has 1 heterocycles. The van der Waals surface area contributed by atoms with Crippen LogP contribution in [0.4, 0.5) is 4.79 Å². The van der Waals surface area contributed by atoms with Crippen molar-refractivity contribution in [3.8, 4) is 11.5 Å². The first-order valence-corrected chi connectivity index (χ1v) is 11.5. The van der Waals surface area contributed by atoms with E-state index >= 15 is 0 Å². The number of benzene rings is 1. The molecule has 0 unspecified atom stereocenters. The van der Waals surface area contributed by atoms with Gasteiger partial charge in [-0.2, -0.15) is 0 Å². The van der Waals surface area contributed by atoms with Crippen LogP contribution in [0.5, 0.6) is 0 Å². The van der Waals surface area contributed by atoms with Crippen LogP contribution >= 0.6 is 0 Å². The molecule has 1 aliphatic rings. The van der Waals surface area contributed by atoms with Crippen LogP contribution in [0, 0.1) is 11.5 Å². The van der Waals surface area contributed by atoms with Crippen molar-refractivity contribution >= 4 is 14.2 Å². The van der Waals surface area contributed by atoms with Gasteiger partial charge in [0.1, 0.15) is 14.7 Å². The molecule has 2 rings (SSSR count). The lowest BCUT2D eigenvalue weighted by Gasteiger charge is -2.33. The van der Waals surface area contributed by atoms with Crippen LogP contribution in [0.3, 0.4) is 0 Å². The third kappa shape index (κ3) is 6.09. The molecule has 1 aromatic rings. The van der Waals surface area contributed by atoms with Gasteiger partial charge in [-0.1, -0.05) is 50.0 Å². The third-order valence-corrected chi connectivity index (χ3v) is 4.40. The maximum absolute atomic E-state index is 12.4. The van der Waals surface area contributed by atoms with Crippen molar-refractivity contribution < 1.29 is 14.3 Å². The Morgan fingerprint density at radius 1 is 1.35 bits per heavy atom. The highest BCUT2D eigenvalue weighted by molar-refractivity contribution is 6.83. The van der Waals surface area contributed by atoms with E-state index in [-0.39, 0.29) is 12.1 Å². The fraction of sp³-hybridized carbons (Fsp3) is 0.500. The molecule has 1 amide bonds. The number of amides is 1. The molecule has 1 atom stereocenters. The van der Waals surface area contributed by atoms with Gasteiger partial charge in [-0.15, -0.1) is 11.5 Å². The zero-order chi connectivity index (χ0) is 16.7. The first-order valence-electron chi connectivity index (χ1n) is 8.01. The minimum atomic E-state index is -1.39. The molecule has 1 saturated heterocycles. The highest BCUT2D eigenvalue weighted by Gasteiger charge is 2.28. The zero-order valence-corrected chi connectivity index (χ0v) is 15.2. The van der Waals surface area contributed by atoms with Crippen molar-refractivity contribution in [1.82, 2.24) is 4.90 Å². The molecule has 124 valence electrons. The van der Waals surface area contributed by atoms with Crippen molar-refractivity contribution in [1.29, 1.82) is 0 Å². The SMILES string of the molecule is C[Si](C)(C)C#CC[C@H]1COCCN1C(=O)OCc1ccccc1. The fourth-order valence-electron chi connectivity index (χ4n) is 2.30. The van der Waals surface area contributed by atoms with Crippen LogP contribution in [0.2, 0.25) is 19.6 Å². The second-order valence-corrected chi connectivity index (χ2v) is 11.5. The van der Waals surface area contributed by atoms with E-state index in [2.05, 4.69) is 31.1 Å². The van der Waals surface area contributed by atoms with Gasteiger partial charge in [0.15, 0.2) is 0 Å². The lowest BCUT2D eigenvalue weighted by molar-refractivity contribution is -0.00895. The Kier molecular flexibility index (Phi) is 6.25. The van der Waals surface area contributed by atoms with E-state index in [0.717, 1.165) is 5.56 Å². The molecule has 0 bridgehead atoms. The lowest BCUT2D eigenvalue weighted by Crippen LogP contribution is -2.48. The first-order chi connectivity index (χ1) is 11.0. The quantitative estimate of drug-likeness (QED) is 0.630. The van der Waals surface area contributed by atoms with E-state index < -0.39 is 8.07 Å². The standard InChI is InChI=1S/C18H25NO3Si/c1-23(2,3)13-7-10-17-15-21-12-11-19(17)18(20)22-14-16-8-5-4-6-9-16/h4-6,8-9,17H,10-12,14-15H2,1-3H3/t17-/m0/s1. The molecular weight excluding hydrogens is 306 g/mol. The summed E-state index contributed by atoms with van der Waals surface area (Å²) in [7, 11) is -1.39. The summed E-state index contributed by atoms with van der Waals surface area (Å²) in [4.78, 5) is 14.1. The monoisotopic (exact) mass is 331 g/mol. The molecule has 0 radical (unpaired) electrons. The highest BCUT2D eigenvalue weighted by Crippen LogP contribution is 2.13. The van der Waals surface area contributed by atoms with E-state index in [1.54, 1.807) is 4.90 Å². The number of nitrogens with zero attached hydrogens (tertiary/aromatic N) is 1. The summed E-state index contributed by atoms with van der Waals surface area (Å²) in [5.41, 5.74) is 4.33. The normalized spacial score (nSPS) is 18.0. The predicted octanol–water partition coefficient (Wildman–Crippen LogP) is 3.29. The molecule has 0 aromatic heterocycles. The zero-order valence-electron chi connectivity index (χ0n) is 14.2. The lowest BCUT2D eigenvalue weighted by atomic mass is 10.2. The number of hydrogen-bond donors (Lipinski definition) is 0. The van der Waals surface area contributed by atoms with Crippen molar-refractivity contribution in [3.05, 3.63) is 35.9 Å². The van der Waals surface area contributed by atoms with Crippen LogP contribution < -0.4 is 0 Å². The summed E-state index contributed by atoms with van der Waals surface area (Å²) < 4.78 is 10.9. The van der Waals surface area contributed by atoms with E-state index in [1.807, 2.05) is 30.3 Å². The molecule has 5 heteroatoms. The second-order valence-electron chi connectivity index (χ2n) is 6.72. The minimum absolute atomic E-state index is 0.0177. The minimum Gasteiger partial charge on any atom is -0.445 e. The van der Waals surface area contributed by atoms with Crippen LogP contribution in [0.1, 0.15) is 12.0 Å². The summed E-state index contributed by atoms with van der Waals surface area (Å²) in [6, 6.07) is 9.70. The van der Waals surface area contributed by atoms with Gasteiger partial charge in [0.2, 0.25) is 0 Å². The van der Waals surface area contributed by atoms with E-state index in [1.165, 1.54) is 0 Å². The average Bonchev–Trinajstić information content (AvgIpc) is 2.53. The predicted molar refractivity (Wildman–Crippen MR) is 93.7 cm³/mol. The summed E-state index contributed by atoms with van der Waals surface area (Å²) in [5.74, 6) is 3.24. The maximum atomic E-state index is 12.4. The molecule has 23 heavy (non-hydrogen) atoms. The number of carbonyl (C=O) groups excluding carboxylic acids is 1. The van der Waals surface area contributed by atoms with Crippen LogP contribution in [0.15, 0.2) is 30.3 Å². The Morgan fingerprint density at radius 2 is 2.09 bits per heavy atom. The van der Waals surface area contributed by atoms with Gasteiger partial charge in [-0.3, -0.25) is 4.90 Å². The molecule has 1 fully saturated rings. The summed E-state index contributed by atoms with van der Waals surface area (Å²) in [5, 5.41) is 0. The molecule has 0 saturated carbocycles. The van der Waals surface area contributed by atoms with Crippen LogP contribution in [-0.2, 0) is 16.1 Å². The average molecular weight is 331 g/mol. The number of rotatable bonds is 3. The van der Waals surface area contributed by atoms with Crippen molar-refractivity contribution in [3.63, 3.8) is 0 Å². The fourth-order valence-corrected chi connectivity index (χ4v) is 2.93. The van der Waals surface area contributed by atoms with Gasteiger partial charge in [-0.25, -0.2) is 4.79 Å². The first kappa shape index (κ1) is 17.6. The number of carbonyl (C=O) groups is 1. The number of ether oxygens (including phenoxy) is 2. The Bertz CT molecular complexity index is 571. The van der Waals surface area contributed by atoms with Gasteiger partial charge >= 0.3 is 6.09 Å². The van der Waals surface area contributed by atoms with Gasteiger partial charge in [0, 0.05) is 13.0 Å². The van der Waals surface area contributed by atoms with Gasteiger partial charge in [0.05, 0.1) is 19.3 Å². The van der Waals surface area contributed by atoms with E-state index in [4.69, 9.17) is 9.47 Å². The Labute approximate surface area is 139 Å². The van der Waals surface area contributed by atoms with Gasteiger partial charge in [0.25, 0.3) is 0 Å². The highest BCUT2D eigenvalue weighted by atomic mass is 28.3. The summed E-state index contributed by atoms with van der Waals surface area (Å²) in [6.45, 7) is 8.58.